The van der Waals surface area contributed by atoms with Crippen LogP contribution in [-0.4, -0.2) is 44.7 Å². The summed E-state index contributed by atoms with van der Waals surface area (Å²) in [6.45, 7) is 7.97. The minimum absolute atomic E-state index is 0.116. The van der Waals surface area contributed by atoms with E-state index in [0.29, 0.717) is 35.9 Å². The van der Waals surface area contributed by atoms with Crippen molar-refractivity contribution in [2.45, 2.75) is 53.4 Å². The molecule has 0 bridgehead atoms. The quantitative estimate of drug-likeness (QED) is 0.377. The lowest BCUT2D eigenvalue weighted by atomic mass is 9.87. The Labute approximate surface area is 141 Å². The summed E-state index contributed by atoms with van der Waals surface area (Å²) < 4.78 is 23.9. The van der Waals surface area contributed by atoms with Gasteiger partial charge in [0, 0.05) is 12.8 Å². The minimum Gasteiger partial charge on any atom is -0.616 e. The summed E-state index contributed by atoms with van der Waals surface area (Å²) in [5.74, 6) is 1.99. The summed E-state index contributed by atoms with van der Waals surface area (Å²) >= 11 is -1.97. The summed E-state index contributed by atoms with van der Waals surface area (Å²) in [6, 6.07) is 0. The Morgan fingerprint density at radius 3 is 1.32 bits per heavy atom. The first-order valence-electron chi connectivity index (χ1n) is 7.69. The highest BCUT2D eigenvalue weighted by Crippen LogP contribution is 2.25. The Morgan fingerprint density at radius 1 is 0.727 bits per heavy atom. The molecule has 0 radical (unpaired) electrons. The molecule has 0 aromatic rings. The molecule has 2 unspecified atom stereocenters. The van der Waals surface area contributed by atoms with Gasteiger partial charge in [-0.05, 0) is 46.0 Å². The van der Waals surface area contributed by atoms with Crippen LogP contribution in [0.3, 0.4) is 0 Å². The average molecular weight is 351 g/mol. The van der Waals surface area contributed by atoms with Gasteiger partial charge in [-0.3, -0.25) is 0 Å². The molecule has 2 atom stereocenters. The van der Waals surface area contributed by atoms with Crippen molar-refractivity contribution in [3.8, 4) is 0 Å². The summed E-state index contributed by atoms with van der Waals surface area (Å²) in [6.07, 6.45) is 4.22. The van der Waals surface area contributed by atoms with Gasteiger partial charge in [-0.15, -0.1) is 0 Å². The van der Waals surface area contributed by atoms with Crippen molar-refractivity contribution in [1.29, 1.82) is 0 Å². The SMILES string of the molecule is CC(C)(CC=O)CC[S+]([O-])CC[S+]([O-])CCC(C)(C)CC=O. The highest BCUT2D eigenvalue weighted by atomic mass is 32.2. The van der Waals surface area contributed by atoms with Gasteiger partial charge < -0.3 is 18.7 Å². The number of rotatable bonds is 13. The van der Waals surface area contributed by atoms with Crippen LogP contribution in [-0.2, 0) is 31.9 Å². The zero-order chi connectivity index (χ0) is 17.2. The smallest absolute Gasteiger partial charge is 0.149 e. The van der Waals surface area contributed by atoms with Crippen molar-refractivity contribution >= 4 is 34.9 Å². The molecular formula is C16H30O4S2. The third kappa shape index (κ3) is 11.5. The van der Waals surface area contributed by atoms with E-state index in [1.54, 1.807) is 0 Å². The molecule has 0 aromatic carbocycles. The molecule has 0 aliphatic carbocycles. The van der Waals surface area contributed by atoms with E-state index in [4.69, 9.17) is 0 Å². The molecule has 22 heavy (non-hydrogen) atoms. The number of hydrogen-bond acceptors (Lipinski definition) is 4. The van der Waals surface area contributed by atoms with E-state index >= 15 is 0 Å². The maximum Gasteiger partial charge on any atom is 0.149 e. The standard InChI is InChI=1S/C16H30O4S2/c1-15(2,5-9-17)7-11-21(19)13-14-22(20)12-8-16(3,4)6-10-18/h9-10H,5-8,11-14H2,1-4H3. The van der Waals surface area contributed by atoms with Crippen LogP contribution in [0.1, 0.15) is 53.4 Å². The molecule has 6 heteroatoms. The third-order valence-electron chi connectivity index (χ3n) is 3.82. The van der Waals surface area contributed by atoms with Crippen LogP contribution in [0, 0.1) is 10.8 Å². The first-order valence-corrected chi connectivity index (χ1v) is 10.7. The maximum atomic E-state index is 11.9. The number of hydrogen-bond donors (Lipinski definition) is 0. The fourth-order valence-corrected chi connectivity index (χ4v) is 5.28. The van der Waals surface area contributed by atoms with Crippen molar-refractivity contribution in [2.75, 3.05) is 23.0 Å². The summed E-state index contributed by atoms with van der Waals surface area (Å²) in [5.41, 5.74) is -0.231. The third-order valence-corrected chi connectivity index (χ3v) is 6.72. The van der Waals surface area contributed by atoms with E-state index in [1.807, 2.05) is 27.7 Å². The largest absolute Gasteiger partial charge is 0.616 e. The minimum atomic E-state index is -0.984. The molecule has 0 aliphatic rings. The van der Waals surface area contributed by atoms with Crippen LogP contribution in [0.15, 0.2) is 0 Å². The highest BCUT2D eigenvalue weighted by Gasteiger charge is 2.23. The van der Waals surface area contributed by atoms with Gasteiger partial charge in [-0.25, -0.2) is 0 Å². The van der Waals surface area contributed by atoms with Crippen molar-refractivity contribution < 1.29 is 18.7 Å². The van der Waals surface area contributed by atoms with Gasteiger partial charge in [0.25, 0.3) is 0 Å². The van der Waals surface area contributed by atoms with E-state index in [-0.39, 0.29) is 10.8 Å². The van der Waals surface area contributed by atoms with Gasteiger partial charge in [0.05, 0.1) is 0 Å². The van der Waals surface area contributed by atoms with E-state index in [1.165, 1.54) is 0 Å². The molecule has 0 fully saturated rings. The normalized spacial score (nSPS) is 15.4. The Bertz CT molecular complexity index is 300. The molecule has 0 amide bonds. The first-order chi connectivity index (χ1) is 10.1. The van der Waals surface area contributed by atoms with Crippen LogP contribution < -0.4 is 0 Å². The van der Waals surface area contributed by atoms with E-state index < -0.39 is 22.4 Å². The Hall–Kier alpha value is -0.0400. The maximum absolute atomic E-state index is 11.9. The number of carbonyl (C=O) groups is 2. The second-order valence-corrected chi connectivity index (χ2v) is 10.7. The number of aldehydes is 2. The van der Waals surface area contributed by atoms with Crippen LogP contribution >= 0.6 is 0 Å². The van der Waals surface area contributed by atoms with Crippen LogP contribution in [0.4, 0.5) is 0 Å². The number of carbonyl (C=O) groups excluding carboxylic acids is 2. The molecule has 0 spiro atoms. The lowest BCUT2D eigenvalue weighted by Gasteiger charge is -2.24. The van der Waals surface area contributed by atoms with Gasteiger partial charge in [-0.2, -0.15) is 0 Å². The second-order valence-electron chi connectivity index (χ2n) is 7.27. The van der Waals surface area contributed by atoms with E-state index in [9.17, 15) is 18.7 Å². The monoisotopic (exact) mass is 350 g/mol. The van der Waals surface area contributed by atoms with Gasteiger partial charge in [-0.1, -0.05) is 27.7 Å². The molecule has 0 rings (SSSR count). The van der Waals surface area contributed by atoms with Crippen molar-refractivity contribution in [2.24, 2.45) is 10.8 Å². The molecule has 0 saturated carbocycles. The summed E-state index contributed by atoms with van der Waals surface area (Å²) in [5, 5.41) is 0. The second kappa shape index (κ2) is 10.7. The topological polar surface area (TPSA) is 80.3 Å². The predicted octanol–water partition coefficient (Wildman–Crippen LogP) is 2.49. The lowest BCUT2D eigenvalue weighted by molar-refractivity contribution is -0.110. The van der Waals surface area contributed by atoms with Crippen LogP contribution in [0.5, 0.6) is 0 Å². The molecule has 0 aromatic heterocycles. The van der Waals surface area contributed by atoms with Crippen molar-refractivity contribution in [3.63, 3.8) is 0 Å². The molecule has 4 nitrogen and oxygen atoms in total. The Morgan fingerprint density at radius 2 is 1.05 bits per heavy atom. The lowest BCUT2D eigenvalue weighted by Crippen LogP contribution is -2.26. The predicted molar refractivity (Wildman–Crippen MR) is 93.9 cm³/mol. The van der Waals surface area contributed by atoms with Crippen LogP contribution in [0.2, 0.25) is 0 Å². The Kier molecular flexibility index (Phi) is 10.7. The Balaban J connectivity index is 3.92. The zero-order valence-electron chi connectivity index (χ0n) is 14.3. The molecule has 0 aliphatic heterocycles. The van der Waals surface area contributed by atoms with Crippen molar-refractivity contribution in [3.05, 3.63) is 0 Å². The van der Waals surface area contributed by atoms with E-state index in [2.05, 4.69) is 0 Å². The average Bonchev–Trinajstić information content (AvgIpc) is 2.41. The van der Waals surface area contributed by atoms with E-state index in [0.717, 1.165) is 25.4 Å². The molecule has 130 valence electrons. The summed E-state index contributed by atoms with van der Waals surface area (Å²) in [4.78, 5) is 21.1. The molecule has 0 N–H and O–H groups in total. The van der Waals surface area contributed by atoms with Gasteiger partial charge >= 0.3 is 0 Å². The molecular weight excluding hydrogens is 320 g/mol. The van der Waals surface area contributed by atoms with Gasteiger partial charge in [0.2, 0.25) is 0 Å². The van der Waals surface area contributed by atoms with Crippen molar-refractivity contribution in [1.82, 2.24) is 0 Å². The molecule has 0 saturated heterocycles. The fraction of sp³-hybridized carbons (Fsp3) is 0.875. The first kappa shape index (κ1) is 22.0. The van der Waals surface area contributed by atoms with Crippen LogP contribution in [0.25, 0.3) is 0 Å². The van der Waals surface area contributed by atoms with Gasteiger partial charge in [0.15, 0.2) is 0 Å². The highest BCUT2D eigenvalue weighted by molar-refractivity contribution is 7.95. The zero-order valence-corrected chi connectivity index (χ0v) is 15.9. The summed E-state index contributed by atoms with van der Waals surface area (Å²) in [7, 11) is 0. The fourth-order valence-electron chi connectivity index (χ4n) is 1.83. The van der Waals surface area contributed by atoms with Gasteiger partial charge in [0.1, 0.15) is 35.6 Å². The molecule has 0 heterocycles.